The fraction of sp³-hybridized carbons (Fsp3) is 0.571. The van der Waals surface area contributed by atoms with Crippen LogP contribution in [0.3, 0.4) is 0 Å². The molecular weight excluding hydrogens is 214 g/mol. The third-order valence-corrected chi connectivity index (χ3v) is 3.43. The van der Waals surface area contributed by atoms with Crippen LogP contribution in [0.25, 0.3) is 0 Å². The maximum Gasteiger partial charge on any atom is 0.122 e. The molecule has 1 N–H and O–H groups in total. The van der Waals surface area contributed by atoms with E-state index < -0.39 is 0 Å². The van der Waals surface area contributed by atoms with Gasteiger partial charge in [0.15, 0.2) is 0 Å². The van der Waals surface area contributed by atoms with E-state index in [2.05, 4.69) is 18.7 Å². The van der Waals surface area contributed by atoms with E-state index in [1.54, 1.807) is 0 Å². The fourth-order valence-corrected chi connectivity index (χ4v) is 2.26. The predicted molar refractivity (Wildman–Crippen MR) is 68.1 cm³/mol. The van der Waals surface area contributed by atoms with Gasteiger partial charge in [0.1, 0.15) is 5.75 Å². The van der Waals surface area contributed by atoms with Gasteiger partial charge in [0, 0.05) is 24.7 Å². The van der Waals surface area contributed by atoms with Crippen molar-refractivity contribution in [2.45, 2.75) is 39.5 Å². The first-order chi connectivity index (χ1) is 8.08. The van der Waals surface area contributed by atoms with Gasteiger partial charge in [-0.2, -0.15) is 0 Å². The number of benzene rings is 1. The number of aromatic hydroxyl groups is 1. The van der Waals surface area contributed by atoms with Gasteiger partial charge in [0.2, 0.25) is 0 Å². The molecule has 3 heteroatoms. The topological polar surface area (TPSA) is 32.7 Å². The van der Waals surface area contributed by atoms with Crippen molar-refractivity contribution >= 4 is 0 Å². The molecule has 2 atom stereocenters. The number of hydrogen-bond donors (Lipinski definition) is 1. The molecule has 1 fully saturated rings. The Kier molecular flexibility index (Phi) is 3.69. The van der Waals surface area contributed by atoms with Gasteiger partial charge < -0.3 is 9.84 Å². The molecule has 2 unspecified atom stereocenters. The molecule has 1 heterocycles. The van der Waals surface area contributed by atoms with Crippen molar-refractivity contribution in [1.29, 1.82) is 0 Å². The lowest BCUT2D eigenvalue weighted by molar-refractivity contribution is -0.0528. The van der Waals surface area contributed by atoms with E-state index in [0.717, 1.165) is 30.8 Å². The Morgan fingerprint density at radius 2 is 2.18 bits per heavy atom. The van der Waals surface area contributed by atoms with Crippen LogP contribution in [0.1, 0.15) is 25.0 Å². The zero-order valence-electron chi connectivity index (χ0n) is 10.8. The van der Waals surface area contributed by atoms with E-state index in [9.17, 15) is 5.11 Å². The van der Waals surface area contributed by atoms with Gasteiger partial charge in [-0.1, -0.05) is 18.2 Å². The predicted octanol–water partition coefficient (Wildman–Crippen LogP) is 2.31. The normalized spacial score (nSPS) is 26.1. The third kappa shape index (κ3) is 2.79. The van der Waals surface area contributed by atoms with Gasteiger partial charge in [-0.15, -0.1) is 0 Å². The van der Waals surface area contributed by atoms with Crippen LogP contribution >= 0.6 is 0 Å². The van der Waals surface area contributed by atoms with E-state index >= 15 is 0 Å². The fourth-order valence-electron chi connectivity index (χ4n) is 2.26. The van der Waals surface area contributed by atoms with Crippen LogP contribution in [-0.2, 0) is 11.3 Å². The number of para-hydroxylation sites is 1. The van der Waals surface area contributed by atoms with Gasteiger partial charge in [-0.25, -0.2) is 0 Å². The number of phenolic OH excluding ortho intramolecular Hbond substituents is 1. The average molecular weight is 235 g/mol. The highest BCUT2D eigenvalue weighted by Crippen LogP contribution is 2.24. The number of phenols is 1. The SMILES string of the molecule is Cc1cccc(CN2CC(C)OCC2C)c1O. The van der Waals surface area contributed by atoms with Crippen molar-refractivity contribution in [2.24, 2.45) is 0 Å². The van der Waals surface area contributed by atoms with Crippen molar-refractivity contribution in [3.63, 3.8) is 0 Å². The number of hydrogen-bond acceptors (Lipinski definition) is 3. The second kappa shape index (κ2) is 5.07. The molecule has 0 aliphatic carbocycles. The number of aryl methyl sites for hydroxylation is 1. The van der Waals surface area contributed by atoms with Crippen molar-refractivity contribution in [3.8, 4) is 5.75 Å². The number of rotatable bonds is 2. The second-order valence-corrected chi connectivity index (χ2v) is 5.01. The molecule has 1 aromatic rings. The molecule has 2 rings (SSSR count). The van der Waals surface area contributed by atoms with Gasteiger partial charge in [0.25, 0.3) is 0 Å². The second-order valence-electron chi connectivity index (χ2n) is 5.01. The quantitative estimate of drug-likeness (QED) is 0.854. The average Bonchev–Trinajstić information content (AvgIpc) is 2.30. The number of nitrogens with zero attached hydrogens (tertiary/aromatic N) is 1. The molecule has 1 aliphatic heterocycles. The van der Waals surface area contributed by atoms with E-state index in [-0.39, 0.29) is 6.10 Å². The lowest BCUT2D eigenvalue weighted by Gasteiger charge is -2.36. The smallest absolute Gasteiger partial charge is 0.122 e. The Bertz CT molecular complexity index is 392. The summed E-state index contributed by atoms with van der Waals surface area (Å²) in [6, 6.07) is 6.34. The zero-order chi connectivity index (χ0) is 12.4. The molecule has 1 aliphatic rings. The van der Waals surface area contributed by atoms with Crippen molar-refractivity contribution in [3.05, 3.63) is 29.3 Å². The molecular formula is C14H21NO2. The Labute approximate surface area is 103 Å². The summed E-state index contributed by atoms with van der Waals surface area (Å²) in [6.45, 7) is 8.68. The van der Waals surface area contributed by atoms with Crippen LogP contribution < -0.4 is 0 Å². The summed E-state index contributed by atoms with van der Waals surface area (Å²) >= 11 is 0. The van der Waals surface area contributed by atoms with Crippen molar-refractivity contribution < 1.29 is 9.84 Å². The first-order valence-corrected chi connectivity index (χ1v) is 6.21. The highest BCUT2D eigenvalue weighted by molar-refractivity contribution is 5.39. The molecule has 0 radical (unpaired) electrons. The summed E-state index contributed by atoms with van der Waals surface area (Å²) in [5.41, 5.74) is 1.95. The maximum absolute atomic E-state index is 10.0. The maximum atomic E-state index is 10.0. The number of ether oxygens (including phenoxy) is 1. The molecule has 94 valence electrons. The third-order valence-electron chi connectivity index (χ3n) is 3.43. The summed E-state index contributed by atoms with van der Waals surface area (Å²) < 4.78 is 5.61. The Balaban J connectivity index is 2.11. The van der Waals surface area contributed by atoms with Crippen LogP contribution in [0.15, 0.2) is 18.2 Å². The van der Waals surface area contributed by atoms with Crippen LogP contribution in [0.2, 0.25) is 0 Å². The summed E-state index contributed by atoms with van der Waals surface area (Å²) in [6.07, 6.45) is 0.276. The van der Waals surface area contributed by atoms with Crippen molar-refractivity contribution in [2.75, 3.05) is 13.2 Å². The lowest BCUT2D eigenvalue weighted by atomic mass is 10.1. The Morgan fingerprint density at radius 3 is 2.94 bits per heavy atom. The van der Waals surface area contributed by atoms with Crippen molar-refractivity contribution in [1.82, 2.24) is 4.90 Å². The van der Waals surface area contributed by atoms with Crippen LogP contribution in [-0.4, -0.2) is 35.3 Å². The number of morpholine rings is 1. The standard InChI is InChI=1S/C14H21NO2/c1-10-5-4-6-13(14(10)16)8-15-7-12(3)17-9-11(15)2/h4-6,11-12,16H,7-9H2,1-3H3. The summed E-state index contributed by atoms with van der Waals surface area (Å²) in [4.78, 5) is 2.36. The van der Waals surface area contributed by atoms with E-state index in [1.165, 1.54) is 0 Å². The molecule has 17 heavy (non-hydrogen) atoms. The summed E-state index contributed by atoms with van der Waals surface area (Å²) in [7, 11) is 0. The monoisotopic (exact) mass is 235 g/mol. The van der Waals surface area contributed by atoms with Gasteiger partial charge in [-0.3, -0.25) is 4.90 Å². The minimum absolute atomic E-state index is 0.276. The van der Waals surface area contributed by atoms with E-state index in [4.69, 9.17) is 4.74 Å². The first kappa shape index (κ1) is 12.4. The van der Waals surface area contributed by atoms with Crippen LogP contribution in [0.5, 0.6) is 5.75 Å². The summed E-state index contributed by atoms with van der Waals surface area (Å²) in [5, 5.41) is 10.0. The highest BCUT2D eigenvalue weighted by atomic mass is 16.5. The molecule has 3 nitrogen and oxygen atoms in total. The largest absolute Gasteiger partial charge is 0.507 e. The van der Waals surface area contributed by atoms with Gasteiger partial charge >= 0.3 is 0 Å². The van der Waals surface area contributed by atoms with E-state index in [1.807, 2.05) is 25.1 Å². The van der Waals surface area contributed by atoms with Gasteiger partial charge in [0.05, 0.1) is 12.7 Å². The zero-order valence-corrected chi connectivity index (χ0v) is 10.8. The minimum Gasteiger partial charge on any atom is -0.507 e. The van der Waals surface area contributed by atoms with E-state index in [0.29, 0.717) is 11.8 Å². The van der Waals surface area contributed by atoms with Crippen LogP contribution in [0.4, 0.5) is 0 Å². The molecule has 0 spiro atoms. The lowest BCUT2D eigenvalue weighted by Crippen LogP contribution is -2.46. The molecule has 0 aromatic heterocycles. The molecule has 1 aromatic carbocycles. The summed E-state index contributed by atoms with van der Waals surface area (Å²) in [5.74, 6) is 0.429. The van der Waals surface area contributed by atoms with Crippen LogP contribution in [0, 0.1) is 6.92 Å². The first-order valence-electron chi connectivity index (χ1n) is 6.21. The highest BCUT2D eigenvalue weighted by Gasteiger charge is 2.24. The Hall–Kier alpha value is -1.06. The molecule has 0 bridgehead atoms. The molecule has 0 saturated carbocycles. The minimum atomic E-state index is 0.276. The molecule has 0 amide bonds. The molecule has 1 saturated heterocycles. The van der Waals surface area contributed by atoms with Gasteiger partial charge in [-0.05, 0) is 26.3 Å². The Morgan fingerprint density at radius 1 is 1.41 bits per heavy atom.